The Morgan fingerprint density at radius 1 is 1.38 bits per heavy atom. The summed E-state index contributed by atoms with van der Waals surface area (Å²) in [6.07, 6.45) is -0.616. The highest BCUT2D eigenvalue weighted by Crippen LogP contribution is 2.19. The predicted molar refractivity (Wildman–Crippen MR) is 96.9 cm³/mol. The molecule has 0 unspecified atom stereocenters. The van der Waals surface area contributed by atoms with Crippen molar-refractivity contribution < 1.29 is 27.5 Å². The molecule has 2 rings (SSSR count). The highest BCUT2D eigenvalue weighted by Gasteiger charge is 2.36. The Morgan fingerprint density at radius 2 is 2.12 bits per heavy atom. The van der Waals surface area contributed by atoms with Gasteiger partial charge >= 0.3 is 5.97 Å². The minimum Gasteiger partial charge on any atom is -0.482 e. The first-order chi connectivity index (χ1) is 12.2. The number of benzene rings is 1. The fourth-order valence-corrected chi connectivity index (χ4v) is 4.74. The zero-order valence-corrected chi connectivity index (χ0v) is 16.3. The van der Waals surface area contributed by atoms with Crippen LogP contribution in [0.3, 0.4) is 0 Å². The molecule has 0 radical (unpaired) electrons. The number of nitrogens with zero attached hydrogens (tertiary/aromatic N) is 1. The molecule has 1 aromatic rings. The van der Waals surface area contributed by atoms with Gasteiger partial charge in [0.25, 0.3) is 5.91 Å². The van der Waals surface area contributed by atoms with Gasteiger partial charge in [0, 0.05) is 17.6 Å². The number of amides is 1. The first-order valence-electron chi connectivity index (χ1n) is 8.30. The van der Waals surface area contributed by atoms with Crippen LogP contribution in [0.1, 0.15) is 20.3 Å². The number of sulfone groups is 1. The van der Waals surface area contributed by atoms with Crippen LogP contribution in [0.15, 0.2) is 24.3 Å². The van der Waals surface area contributed by atoms with Gasteiger partial charge in [0.15, 0.2) is 22.5 Å². The number of halogens is 1. The van der Waals surface area contributed by atoms with Crippen LogP contribution in [0.4, 0.5) is 0 Å². The molecule has 144 valence electrons. The molecule has 1 aliphatic rings. The first-order valence-corrected chi connectivity index (χ1v) is 10.5. The second-order valence-corrected chi connectivity index (χ2v) is 8.72. The number of likely N-dealkylation sites (N-methyl/N-ethyl adjacent to an activating group) is 1. The molecule has 2 atom stereocenters. The van der Waals surface area contributed by atoms with Gasteiger partial charge in [-0.2, -0.15) is 0 Å². The van der Waals surface area contributed by atoms with Gasteiger partial charge in [-0.15, -0.1) is 0 Å². The Morgan fingerprint density at radius 3 is 2.69 bits per heavy atom. The molecule has 1 saturated heterocycles. The summed E-state index contributed by atoms with van der Waals surface area (Å²) in [7, 11) is -3.11. The third-order valence-corrected chi connectivity index (χ3v) is 6.07. The van der Waals surface area contributed by atoms with Crippen molar-refractivity contribution in [2.75, 3.05) is 24.7 Å². The van der Waals surface area contributed by atoms with Gasteiger partial charge in [0.05, 0.1) is 11.5 Å². The maximum absolute atomic E-state index is 12.5. The molecule has 1 amide bonds. The Labute approximate surface area is 158 Å². The van der Waals surface area contributed by atoms with Crippen molar-refractivity contribution in [3.63, 3.8) is 0 Å². The standard InChI is InChI=1S/C17H22ClNO6S/c1-3-19(14-7-8-26(22,23)11-14)17(21)12(2)25-16(20)10-24-15-6-4-5-13(18)9-15/h4-6,9,12,14H,3,7-8,10-11H2,1-2H3/t12-,14+/m0/s1. The van der Waals surface area contributed by atoms with Crippen molar-refractivity contribution in [2.24, 2.45) is 0 Å². The number of esters is 1. The maximum atomic E-state index is 12.5. The van der Waals surface area contributed by atoms with Crippen LogP contribution >= 0.6 is 11.6 Å². The molecule has 26 heavy (non-hydrogen) atoms. The van der Waals surface area contributed by atoms with E-state index in [2.05, 4.69) is 0 Å². The van der Waals surface area contributed by atoms with Crippen LogP contribution in [-0.4, -0.2) is 62.0 Å². The maximum Gasteiger partial charge on any atom is 0.344 e. The predicted octanol–water partition coefficient (Wildman–Crippen LogP) is 1.69. The van der Waals surface area contributed by atoms with E-state index in [1.807, 2.05) is 0 Å². The zero-order chi connectivity index (χ0) is 19.3. The lowest BCUT2D eigenvalue weighted by molar-refractivity contribution is -0.161. The summed E-state index contributed by atoms with van der Waals surface area (Å²) < 4.78 is 33.7. The molecule has 0 bridgehead atoms. The van der Waals surface area contributed by atoms with E-state index >= 15 is 0 Å². The third kappa shape index (κ3) is 5.60. The molecule has 9 heteroatoms. The molecule has 0 spiro atoms. The first kappa shape index (κ1) is 20.5. The van der Waals surface area contributed by atoms with Gasteiger partial charge in [-0.1, -0.05) is 17.7 Å². The van der Waals surface area contributed by atoms with E-state index < -0.39 is 27.8 Å². The fourth-order valence-electron chi connectivity index (χ4n) is 2.83. The number of rotatable bonds is 7. The summed E-state index contributed by atoms with van der Waals surface area (Å²) in [6, 6.07) is 6.19. The van der Waals surface area contributed by atoms with Crippen molar-refractivity contribution in [1.29, 1.82) is 0 Å². The van der Waals surface area contributed by atoms with E-state index in [0.717, 1.165) is 0 Å². The van der Waals surface area contributed by atoms with Crippen molar-refractivity contribution >= 4 is 33.3 Å². The van der Waals surface area contributed by atoms with Gasteiger partial charge in [0.2, 0.25) is 0 Å². The van der Waals surface area contributed by atoms with E-state index in [9.17, 15) is 18.0 Å². The van der Waals surface area contributed by atoms with Crippen LogP contribution in [0, 0.1) is 0 Å². The summed E-state index contributed by atoms with van der Waals surface area (Å²) in [4.78, 5) is 25.9. The number of hydrogen-bond donors (Lipinski definition) is 0. The summed E-state index contributed by atoms with van der Waals surface area (Å²) >= 11 is 5.83. The molecule has 1 heterocycles. The Kier molecular flexibility index (Phi) is 6.88. The molecular formula is C17H22ClNO6S. The lowest BCUT2D eigenvalue weighted by Crippen LogP contribution is -2.46. The van der Waals surface area contributed by atoms with Crippen molar-refractivity contribution in [1.82, 2.24) is 4.90 Å². The van der Waals surface area contributed by atoms with Gasteiger partial charge in [-0.3, -0.25) is 4.79 Å². The molecule has 0 aromatic heterocycles. The van der Waals surface area contributed by atoms with Gasteiger partial charge in [0.1, 0.15) is 5.75 Å². The second-order valence-electron chi connectivity index (χ2n) is 6.06. The summed E-state index contributed by atoms with van der Waals surface area (Å²) in [6.45, 7) is 3.22. The van der Waals surface area contributed by atoms with E-state index in [1.165, 1.54) is 11.8 Å². The van der Waals surface area contributed by atoms with E-state index in [4.69, 9.17) is 21.1 Å². The molecule has 7 nitrogen and oxygen atoms in total. The van der Waals surface area contributed by atoms with E-state index in [-0.39, 0.29) is 24.2 Å². The molecular weight excluding hydrogens is 382 g/mol. The normalized spacial score (nSPS) is 19.6. The number of carbonyl (C=O) groups is 2. The van der Waals surface area contributed by atoms with Crippen LogP contribution in [0.5, 0.6) is 5.75 Å². The molecule has 0 saturated carbocycles. The topological polar surface area (TPSA) is 90.0 Å². The van der Waals surface area contributed by atoms with Gasteiger partial charge < -0.3 is 14.4 Å². The Hall–Kier alpha value is -1.80. The number of carbonyl (C=O) groups excluding carboxylic acids is 2. The quantitative estimate of drug-likeness (QED) is 0.643. The largest absolute Gasteiger partial charge is 0.482 e. The minimum absolute atomic E-state index is 0.0505. The highest BCUT2D eigenvalue weighted by atomic mass is 35.5. The van der Waals surface area contributed by atoms with Crippen LogP contribution < -0.4 is 4.74 Å². The summed E-state index contributed by atoms with van der Waals surface area (Å²) in [5.41, 5.74) is 0. The van der Waals surface area contributed by atoms with Gasteiger partial charge in [-0.25, -0.2) is 13.2 Å². The zero-order valence-electron chi connectivity index (χ0n) is 14.7. The SMILES string of the molecule is CCN(C(=O)[C@H](C)OC(=O)COc1cccc(Cl)c1)[C@@H]1CCS(=O)(=O)C1. The van der Waals surface area contributed by atoms with Crippen LogP contribution in [0.2, 0.25) is 5.02 Å². The Bertz CT molecular complexity index is 766. The van der Waals surface area contributed by atoms with Crippen LogP contribution in [0.25, 0.3) is 0 Å². The highest BCUT2D eigenvalue weighted by molar-refractivity contribution is 7.91. The monoisotopic (exact) mass is 403 g/mol. The fraction of sp³-hybridized carbons (Fsp3) is 0.529. The molecule has 1 fully saturated rings. The molecule has 1 aromatic carbocycles. The average molecular weight is 404 g/mol. The summed E-state index contributed by atoms with van der Waals surface area (Å²) in [5.74, 6) is -0.666. The number of hydrogen-bond acceptors (Lipinski definition) is 6. The molecule has 0 N–H and O–H groups in total. The third-order valence-electron chi connectivity index (χ3n) is 4.08. The van der Waals surface area contributed by atoms with Crippen molar-refractivity contribution in [2.45, 2.75) is 32.4 Å². The summed E-state index contributed by atoms with van der Waals surface area (Å²) in [5, 5.41) is 0.476. The van der Waals surface area contributed by atoms with Gasteiger partial charge in [-0.05, 0) is 38.5 Å². The average Bonchev–Trinajstić information content (AvgIpc) is 2.93. The second kappa shape index (κ2) is 8.73. The molecule has 0 aliphatic carbocycles. The van der Waals surface area contributed by atoms with E-state index in [1.54, 1.807) is 31.2 Å². The van der Waals surface area contributed by atoms with Crippen molar-refractivity contribution in [3.8, 4) is 5.75 Å². The Balaban J connectivity index is 1.87. The smallest absolute Gasteiger partial charge is 0.344 e. The lowest BCUT2D eigenvalue weighted by Gasteiger charge is -2.29. The number of ether oxygens (including phenoxy) is 2. The molecule has 1 aliphatic heterocycles. The lowest BCUT2D eigenvalue weighted by atomic mass is 10.2. The van der Waals surface area contributed by atoms with E-state index in [0.29, 0.717) is 23.7 Å². The minimum atomic E-state index is -3.11. The van der Waals surface area contributed by atoms with Crippen LogP contribution in [-0.2, 0) is 24.2 Å². The van der Waals surface area contributed by atoms with Crippen molar-refractivity contribution in [3.05, 3.63) is 29.3 Å².